The Kier molecular flexibility index (Phi) is 15.9. The maximum atomic E-state index is 7.46. The molecule has 0 spiro atoms. The molecule has 50 valence electrons. The third-order valence-electron chi connectivity index (χ3n) is 1.07. The summed E-state index contributed by atoms with van der Waals surface area (Å²) in [6, 6.07) is 0. The van der Waals surface area contributed by atoms with Gasteiger partial charge >= 0.3 is 23.1 Å². The molecule has 0 bridgehead atoms. The van der Waals surface area contributed by atoms with Crippen LogP contribution in [0.5, 0.6) is 0 Å². The van der Waals surface area contributed by atoms with Gasteiger partial charge in [-0.05, 0) is 0 Å². The molecule has 0 aromatic carbocycles. The normalized spacial score (nSPS) is 15.3. The van der Waals surface area contributed by atoms with Crippen LogP contribution in [-0.4, -0.2) is 34.8 Å². The molecule has 1 nitrogen and oxygen atoms in total. The van der Waals surface area contributed by atoms with E-state index in [1.165, 1.54) is 25.7 Å². The van der Waals surface area contributed by atoms with E-state index in [0.717, 1.165) is 0 Å². The molecule has 1 saturated carbocycles. The molecule has 0 unspecified atom stereocenters. The van der Waals surface area contributed by atoms with Crippen LogP contribution < -0.4 is 0 Å². The van der Waals surface area contributed by atoms with Crippen molar-refractivity contribution in [2.45, 2.75) is 25.7 Å². The van der Waals surface area contributed by atoms with Gasteiger partial charge in [-0.1, -0.05) is 19.4 Å². The average molecular weight is 138 g/mol. The van der Waals surface area contributed by atoms with Crippen molar-refractivity contribution >= 4 is 23.1 Å². The van der Waals surface area contributed by atoms with Crippen LogP contribution >= 0.6 is 0 Å². The van der Waals surface area contributed by atoms with Crippen LogP contribution in [0.25, 0.3) is 0 Å². The van der Waals surface area contributed by atoms with Gasteiger partial charge in [-0.3, -0.25) is 0 Å². The minimum atomic E-state index is 0. The van der Waals surface area contributed by atoms with E-state index < -0.39 is 0 Å². The zero-order valence-electron chi connectivity index (χ0n) is 5.97. The van der Waals surface area contributed by atoms with Gasteiger partial charge in [0.15, 0.2) is 0 Å². The Morgan fingerprint density at radius 1 is 1.33 bits per heavy atom. The van der Waals surface area contributed by atoms with Crippen LogP contribution in [0.3, 0.4) is 0 Å². The van der Waals surface area contributed by atoms with Crippen LogP contribution in [0.15, 0.2) is 0 Å². The topological polar surface area (TPSA) is 20.2 Å². The van der Waals surface area contributed by atoms with Gasteiger partial charge in [0, 0.05) is 0 Å². The maximum absolute atomic E-state index is 7.46. The van der Waals surface area contributed by atoms with Crippen molar-refractivity contribution in [3.8, 4) is 0 Å². The predicted molar refractivity (Wildman–Crippen MR) is 41.0 cm³/mol. The Labute approximate surface area is 74.0 Å². The first kappa shape index (κ1) is 12.4. The van der Waals surface area contributed by atoms with Crippen molar-refractivity contribution in [2.24, 2.45) is 0 Å². The molecule has 0 radical (unpaired) electrons. The number of hydrogen-bond acceptors (Lipinski definition) is 1. The number of aliphatic hydroxyl groups excluding tert-OH is 1. The molecule has 9 heavy (non-hydrogen) atoms. The van der Waals surface area contributed by atoms with E-state index in [9.17, 15) is 0 Å². The summed E-state index contributed by atoms with van der Waals surface area (Å²) in [7, 11) is 0. The molecule has 1 aliphatic rings. The molecule has 0 aromatic rings. The molecular formula is C7H14MgO. The third kappa shape index (κ3) is 12.0. The molecule has 1 rings (SSSR count). The summed E-state index contributed by atoms with van der Waals surface area (Å²) in [6.45, 7) is 3.04. The average Bonchev–Trinajstić information content (AvgIpc) is 2.17. The SMILES string of the molecule is [CH-]1CCCC1.[CH2-]CO.[Mg+2]. The Morgan fingerprint density at radius 2 is 1.67 bits per heavy atom. The summed E-state index contributed by atoms with van der Waals surface area (Å²) in [5.74, 6) is 0. The van der Waals surface area contributed by atoms with Crippen molar-refractivity contribution in [1.82, 2.24) is 0 Å². The van der Waals surface area contributed by atoms with Crippen LogP contribution in [0.4, 0.5) is 0 Å². The maximum Gasteiger partial charge on any atom is 2.00 e. The summed E-state index contributed by atoms with van der Waals surface area (Å²) in [4.78, 5) is 0. The van der Waals surface area contributed by atoms with Crippen molar-refractivity contribution in [2.75, 3.05) is 6.61 Å². The first-order valence-electron chi connectivity index (χ1n) is 3.13. The molecular weight excluding hydrogens is 124 g/mol. The number of hydrogen-bond donors (Lipinski definition) is 1. The van der Waals surface area contributed by atoms with E-state index in [-0.39, 0.29) is 29.7 Å². The van der Waals surface area contributed by atoms with Crippen molar-refractivity contribution in [3.63, 3.8) is 0 Å². The second-order valence-corrected chi connectivity index (χ2v) is 1.80. The van der Waals surface area contributed by atoms with E-state index in [2.05, 4.69) is 13.3 Å². The fraction of sp³-hybridized carbons (Fsp3) is 0.714. The number of rotatable bonds is 0. The Hall–Kier alpha value is 0.726. The van der Waals surface area contributed by atoms with E-state index in [1.54, 1.807) is 0 Å². The van der Waals surface area contributed by atoms with Crippen LogP contribution in [0, 0.1) is 13.3 Å². The third-order valence-corrected chi connectivity index (χ3v) is 1.07. The van der Waals surface area contributed by atoms with Gasteiger partial charge < -0.3 is 18.5 Å². The summed E-state index contributed by atoms with van der Waals surface area (Å²) in [6.07, 6.45) is 8.00. The summed E-state index contributed by atoms with van der Waals surface area (Å²) in [5.41, 5.74) is 0. The Balaban J connectivity index is 0. The van der Waals surface area contributed by atoms with E-state index in [4.69, 9.17) is 5.11 Å². The van der Waals surface area contributed by atoms with Gasteiger partial charge in [0.2, 0.25) is 0 Å². The van der Waals surface area contributed by atoms with Gasteiger partial charge in [-0.15, -0.1) is 0 Å². The minimum absolute atomic E-state index is 0. The molecule has 0 heterocycles. The molecule has 1 aliphatic carbocycles. The molecule has 2 heteroatoms. The Bertz CT molecular complexity index is 28.3. The fourth-order valence-corrected chi connectivity index (χ4v) is 0.722. The van der Waals surface area contributed by atoms with E-state index in [0.29, 0.717) is 0 Å². The smallest absolute Gasteiger partial charge is 0.428 e. The van der Waals surface area contributed by atoms with Crippen LogP contribution in [0.2, 0.25) is 0 Å². The van der Waals surface area contributed by atoms with E-state index in [1.807, 2.05) is 0 Å². The molecule has 0 amide bonds. The van der Waals surface area contributed by atoms with Gasteiger partial charge in [0.05, 0.1) is 0 Å². The van der Waals surface area contributed by atoms with Crippen molar-refractivity contribution in [1.29, 1.82) is 0 Å². The first-order valence-corrected chi connectivity index (χ1v) is 3.13. The van der Waals surface area contributed by atoms with Crippen LogP contribution in [0.1, 0.15) is 25.7 Å². The Morgan fingerprint density at radius 3 is 1.78 bits per heavy atom. The van der Waals surface area contributed by atoms with Gasteiger partial charge in [-0.2, -0.15) is 12.8 Å². The zero-order valence-corrected chi connectivity index (χ0v) is 7.39. The second-order valence-electron chi connectivity index (χ2n) is 1.80. The fourth-order valence-electron chi connectivity index (χ4n) is 0.722. The largest absolute Gasteiger partial charge is 2.00 e. The van der Waals surface area contributed by atoms with Crippen LogP contribution in [-0.2, 0) is 0 Å². The summed E-state index contributed by atoms with van der Waals surface area (Å²) in [5, 5.41) is 7.46. The van der Waals surface area contributed by atoms with Crippen molar-refractivity contribution in [3.05, 3.63) is 13.3 Å². The molecule has 1 fully saturated rings. The van der Waals surface area contributed by atoms with Crippen molar-refractivity contribution < 1.29 is 5.11 Å². The monoisotopic (exact) mass is 138 g/mol. The number of aliphatic hydroxyl groups is 1. The molecule has 1 N–H and O–H groups in total. The molecule has 0 saturated heterocycles. The molecule has 0 aromatic heterocycles. The second kappa shape index (κ2) is 11.5. The van der Waals surface area contributed by atoms with Gasteiger partial charge in [0.1, 0.15) is 0 Å². The standard InChI is InChI=1S/C5H9.C2H5O.Mg/c1-2-4-5-3-1;1-2-3;/h1H,2-5H2;3H,1-2H2;/q2*-1;+2. The van der Waals surface area contributed by atoms with Gasteiger partial charge in [0.25, 0.3) is 0 Å². The molecule has 0 aliphatic heterocycles. The quantitative estimate of drug-likeness (QED) is 0.394. The zero-order chi connectivity index (χ0) is 6.24. The molecule has 0 atom stereocenters. The first-order chi connectivity index (χ1) is 3.91. The van der Waals surface area contributed by atoms with Gasteiger partial charge in [-0.25, -0.2) is 0 Å². The predicted octanol–water partition coefficient (Wildman–Crippen LogP) is 1.20. The summed E-state index contributed by atoms with van der Waals surface area (Å²) < 4.78 is 0. The minimum Gasteiger partial charge on any atom is -0.428 e. The summed E-state index contributed by atoms with van der Waals surface area (Å²) >= 11 is 0. The van der Waals surface area contributed by atoms with E-state index >= 15 is 0 Å².